The van der Waals surface area contributed by atoms with Crippen LogP contribution in [0.3, 0.4) is 0 Å². The molecule has 1 aliphatic heterocycles. The maximum absolute atomic E-state index is 11.9. The zero-order chi connectivity index (χ0) is 23.7. The lowest BCUT2D eigenvalue weighted by Gasteiger charge is -2.40. The SMILES string of the molecule is CC(=O)N(Cc1ccc(Cc2cc([C@@H]3O[C@H](CO)[C@@H](O)[C@H](O)[C@@H]3O)ccc2Cl)cc1)C1CC1. The third-order valence-electron chi connectivity index (χ3n) is 6.45. The molecule has 0 unspecified atom stereocenters. The summed E-state index contributed by atoms with van der Waals surface area (Å²) >= 11 is 6.43. The predicted molar refractivity (Wildman–Crippen MR) is 123 cm³/mol. The van der Waals surface area contributed by atoms with Crippen LogP contribution in [0.1, 0.15) is 48.1 Å². The second-order valence-corrected chi connectivity index (χ2v) is 9.38. The number of halogens is 1. The van der Waals surface area contributed by atoms with E-state index in [0.717, 1.165) is 29.5 Å². The molecule has 7 nitrogen and oxygen atoms in total. The largest absolute Gasteiger partial charge is 0.394 e. The number of hydrogen-bond acceptors (Lipinski definition) is 6. The second kappa shape index (κ2) is 10.1. The summed E-state index contributed by atoms with van der Waals surface area (Å²) in [6, 6.07) is 13.7. The van der Waals surface area contributed by atoms with E-state index in [-0.39, 0.29) is 5.91 Å². The van der Waals surface area contributed by atoms with E-state index in [9.17, 15) is 25.2 Å². The van der Waals surface area contributed by atoms with Crippen LogP contribution in [0.25, 0.3) is 0 Å². The minimum atomic E-state index is -1.43. The molecule has 2 aromatic rings. The average Bonchev–Trinajstić information content (AvgIpc) is 3.64. The first-order valence-electron chi connectivity index (χ1n) is 11.2. The van der Waals surface area contributed by atoms with Crippen molar-refractivity contribution < 1.29 is 30.0 Å². The summed E-state index contributed by atoms with van der Waals surface area (Å²) in [5, 5.41) is 40.6. The number of amides is 1. The molecule has 178 valence electrons. The molecule has 1 heterocycles. The van der Waals surface area contributed by atoms with Gasteiger partial charge in [0.2, 0.25) is 5.91 Å². The molecule has 0 radical (unpaired) electrons. The molecule has 1 aliphatic carbocycles. The Bertz CT molecular complexity index is 977. The molecule has 33 heavy (non-hydrogen) atoms. The van der Waals surface area contributed by atoms with Gasteiger partial charge in [0.05, 0.1) is 6.61 Å². The van der Waals surface area contributed by atoms with E-state index < -0.39 is 37.1 Å². The fourth-order valence-electron chi connectivity index (χ4n) is 4.35. The molecule has 1 saturated carbocycles. The molecule has 4 N–H and O–H groups in total. The Morgan fingerprint density at radius 1 is 1.03 bits per heavy atom. The molecular formula is C25H30ClNO6. The quantitative estimate of drug-likeness (QED) is 0.487. The van der Waals surface area contributed by atoms with Gasteiger partial charge >= 0.3 is 0 Å². The maximum atomic E-state index is 11.9. The number of aliphatic hydroxyl groups is 4. The summed E-state index contributed by atoms with van der Waals surface area (Å²) in [6.07, 6.45) is -3.36. The van der Waals surface area contributed by atoms with E-state index in [2.05, 4.69) is 0 Å². The number of hydrogen-bond donors (Lipinski definition) is 4. The molecule has 0 spiro atoms. The molecule has 2 aliphatic rings. The van der Waals surface area contributed by atoms with Crippen molar-refractivity contribution in [2.45, 2.75) is 69.3 Å². The summed E-state index contributed by atoms with van der Waals surface area (Å²) in [4.78, 5) is 13.8. The standard InChI is InChI=1S/C25H30ClNO6/c1-14(29)27(19-7-8-19)12-16-4-2-15(3-5-16)10-18-11-17(6-9-20(18)26)25-24(32)23(31)22(30)21(13-28)33-25/h2-6,9,11,19,21-25,28,30-32H,7-8,10,12-13H2,1H3/t21-,22-,23+,24+,25+/m1/s1. The van der Waals surface area contributed by atoms with Crippen molar-refractivity contribution >= 4 is 17.5 Å². The fourth-order valence-corrected chi connectivity index (χ4v) is 4.53. The molecule has 2 fully saturated rings. The van der Waals surface area contributed by atoms with E-state index in [1.54, 1.807) is 19.1 Å². The van der Waals surface area contributed by atoms with Crippen molar-refractivity contribution in [1.29, 1.82) is 0 Å². The van der Waals surface area contributed by atoms with Crippen LogP contribution in [0.2, 0.25) is 5.02 Å². The maximum Gasteiger partial charge on any atom is 0.219 e. The van der Waals surface area contributed by atoms with E-state index in [4.69, 9.17) is 16.3 Å². The smallest absolute Gasteiger partial charge is 0.219 e. The lowest BCUT2D eigenvalue weighted by atomic mass is 9.90. The molecular weight excluding hydrogens is 446 g/mol. The second-order valence-electron chi connectivity index (χ2n) is 8.97. The molecule has 0 bridgehead atoms. The van der Waals surface area contributed by atoms with E-state index in [1.165, 1.54) is 0 Å². The van der Waals surface area contributed by atoms with Gasteiger partial charge in [0.1, 0.15) is 30.5 Å². The summed E-state index contributed by atoms with van der Waals surface area (Å²) in [6.45, 7) is 1.74. The highest BCUT2D eigenvalue weighted by molar-refractivity contribution is 6.31. The highest BCUT2D eigenvalue weighted by atomic mass is 35.5. The zero-order valence-corrected chi connectivity index (χ0v) is 19.2. The average molecular weight is 476 g/mol. The Morgan fingerprint density at radius 3 is 2.30 bits per heavy atom. The highest BCUT2D eigenvalue weighted by Crippen LogP contribution is 2.34. The van der Waals surface area contributed by atoms with Gasteiger partial charge in [-0.15, -0.1) is 0 Å². The number of aliphatic hydroxyl groups excluding tert-OH is 4. The van der Waals surface area contributed by atoms with Crippen LogP contribution < -0.4 is 0 Å². The first-order valence-corrected chi connectivity index (χ1v) is 11.6. The monoisotopic (exact) mass is 475 g/mol. The number of ether oxygens (including phenoxy) is 1. The number of nitrogens with zero attached hydrogens (tertiary/aromatic N) is 1. The van der Waals surface area contributed by atoms with Crippen LogP contribution in [-0.2, 0) is 22.5 Å². The molecule has 0 aromatic heterocycles. The van der Waals surface area contributed by atoms with Crippen LogP contribution >= 0.6 is 11.6 Å². The summed E-state index contributed by atoms with van der Waals surface area (Å²) in [7, 11) is 0. The van der Waals surface area contributed by atoms with Gasteiger partial charge in [0.15, 0.2) is 0 Å². The molecule has 8 heteroatoms. The number of carbonyl (C=O) groups excluding carboxylic acids is 1. The Balaban J connectivity index is 1.48. The Labute approximate surface area is 198 Å². The van der Waals surface area contributed by atoms with Gasteiger partial charge in [-0.05, 0) is 47.6 Å². The Hall–Kier alpha value is -2.00. The van der Waals surface area contributed by atoms with Crippen molar-refractivity contribution in [3.63, 3.8) is 0 Å². The van der Waals surface area contributed by atoms with E-state index >= 15 is 0 Å². The fraction of sp³-hybridized carbons (Fsp3) is 0.480. The van der Waals surface area contributed by atoms with Gasteiger partial charge in [-0.25, -0.2) is 0 Å². The summed E-state index contributed by atoms with van der Waals surface area (Å²) in [5.74, 6) is 0.0957. The molecule has 1 saturated heterocycles. The Kier molecular flexibility index (Phi) is 7.38. The third-order valence-corrected chi connectivity index (χ3v) is 6.82. The van der Waals surface area contributed by atoms with Gasteiger partial charge in [-0.1, -0.05) is 48.0 Å². The van der Waals surface area contributed by atoms with Gasteiger partial charge in [-0.3, -0.25) is 4.79 Å². The van der Waals surface area contributed by atoms with Crippen molar-refractivity contribution in [3.8, 4) is 0 Å². The van der Waals surface area contributed by atoms with Gasteiger partial charge < -0.3 is 30.1 Å². The third kappa shape index (κ3) is 5.40. The zero-order valence-electron chi connectivity index (χ0n) is 18.5. The molecule has 4 rings (SSSR count). The van der Waals surface area contributed by atoms with Crippen molar-refractivity contribution in [3.05, 3.63) is 69.7 Å². The topological polar surface area (TPSA) is 110 Å². The summed E-state index contributed by atoms with van der Waals surface area (Å²) < 4.78 is 5.67. The summed E-state index contributed by atoms with van der Waals surface area (Å²) in [5.41, 5.74) is 3.53. The van der Waals surface area contributed by atoms with E-state index in [1.807, 2.05) is 35.2 Å². The molecule has 2 aromatic carbocycles. The minimum absolute atomic E-state index is 0.0957. The first-order chi connectivity index (χ1) is 15.8. The van der Waals surface area contributed by atoms with Crippen LogP contribution in [0, 0.1) is 0 Å². The molecule has 1 amide bonds. The van der Waals surface area contributed by atoms with Crippen LogP contribution in [-0.4, -0.2) is 68.3 Å². The van der Waals surface area contributed by atoms with Crippen LogP contribution in [0.15, 0.2) is 42.5 Å². The number of rotatable bonds is 7. The van der Waals surface area contributed by atoms with Gasteiger partial charge in [0.25, 0.3) is 0 Å². The lowest BCUT2D eigenvalue weighted by Crippen LogP contribution is -2.55. The number of carbonyl (C=O) groups is 1. The first kappa shape index (κ1) is 24.1. The minimum Gasteiger partial charge on any atom is -0.394 e. The highest BCUT2D eigenvalue weighted by Gasteiger charge is 2.44. The van der Waals surface area contributed by atoms with Gasteiger partial charge in [0, 0.05) is 24.5 Å². The predicted octanol–water partition coefficient (Wildman–Crippen LogP) is 1.96. The van der Waals surface area contributed by atoms with Crippen molar-refractivity contribution in [2.75, 3.05) is 6.61 Å². The van der Waals surface area contributed by atoms with Crippen LogP contribution in [0.5, 0.6) is 0 Å². The van der Waals surface area contributed by atoms with Gasteiger partial charge in [-0.2, -0.15) is 0 Å². The number of benzene rings is 2. The lowest BCUT2D eigenvalue weighted by molar-refractivity contribution is -0.231. The van der Waals surface area contributed by atoms with Crippen molar-refractivity contribution in [1.82, 2.24) is 4.90 Å². The van der Waals surface area contributed by atoms with Crippen molar-refractivity contribution in [2.24, 2.45) is 0 Å². The normalized spacial score (nSPS) is 27.4. The van der Waals surface area contributed by atoms with E-state index in [0.29, 0.717) is 29.6 Å². The molecule has 5 atom stereocenters. The Morgan fingerprint density at radius 2 is 1.70 bits per heavy atom. The van der Waals surface area contributed by atoms with Crippen LogP contribution in [0.4, 0.5) is 0 Å².